The molecule has 29 heavy (non-hydrogen) atoms. The van der Waals surface area contributed by atoms with Crippen molar-refractivity contribution in [3.05, 3.63) is 76.5 Å². The van der Waals surface area contributed by atoms with Gasteiger partial charge in [0.05, 0.1) is 18.2 Å². The van der Waals surface area contributed by atoms with Crippen molar-refractivity contribution >= 4 is 34.3 Å². The number of hydrogen-bond acceptors (Lipinski definition) is 6. The molecular formula is C21H17ClN2O5. The fourth-order valence-electron chi connectivity index (χ4n) is 3.45. The number of pyridine rings is 1. The molecule has 0 spiro atoms. The van der Waals surface area contributed by atoms with Gasteiger partial charge >= 0.3 is 0 Å². The van der Waals surface area contributed by atoms with E-state index in [1.807, 2.05) is 0 Å². The summed E-state index contributed by atoms with van der Waals surface area (Å²) in [5.41, 5.74) is 1.03. The van der Waals surface area contributed by atoms with Crippen molar-refractivity contribution in [3.8, 4) is 0 Å². The van der Waals surface area contributed by atoms with E-state index in [0.717, 1.165) is 0 Å². The summed E-state index contributed by atoms with van der Waals surface area (Å²) in [6, 6.07) is 9.19. The van der Waals surface area contributed by atoms with E-state index in [-0.39, 0.29) is 24.5 Å². The van der Waals surface area contributed by atoms with Crippen LogP contribution in [-0.2, 0) is 9.53 Å². The van der Waals surface area contributed by atoms with Gasteiger partial charge < -0.3 is 19.2 Å². The lowest BCUT2D eigenvalue weighted by Crippen LogP contribution is -2.34. The lowest BCUT2D eigenvalue weighted by molar-refractivity contribution is -0.130. The normalized spacial score (nSPS) is 16.8. The van der Waals surface area contributed by atoms with Crippen LogP contribution in [0.3, 0.4) is 0 Å². The molecule has 0 bridgehead atoms. The van der Waals surface area contributed by atoms with Crippen LogP contribution in [0.1, 0.15) is 22.2 Å². The van der Waals surface area contributed by atoms with Crippen molar-refractivity contribution in [2.45, 2.75) is 6.04 Å². The maximum atomic E-state index is 13.3. The molecule has 4 rings (SSSR count). The van der Waals surface area contributed by atoms with Crippen molar-refractivity contribution in [1.82, 2.24) is 9.88 Å². The van der Waals surface area contributed by atoms with Crippen molar-refractivity contribution < 1.29 is 23.8 Å². The molecule has 0 saturated carbocycles. The molecule has 1 unspecified atom stereocenters. The number of furan rings is 1. The quantitative estimate of drug-likeness (QED) is 0.620. The summed E-state index contributed by atoms with van der Waals surface area (Å²) in [5, 5.41) is 11.7. The molecule has 1 atom stereocenters. The first-order valence-corrected chi connectivity index (χ1v) is 9.26. The molecule has 3 aromatic rings. The zero-order valence-corrected chi connectivity index (χ0v) is 16.2. The second-order valence-electron chi connectivity index (χ2n) is 6.56. The third-order valence-electron chi connectivity index (χ3n) is 4.79. The number of methoxy groups -OCH3 is 1. The van der Waals surface area contributed by atoms with E-state index in [9.17, 15) is 14.7 Å². The highest BCUT2D eigenvalue weighted by Crippen LogP contribution is 2.39. The highest BCUT2D eigenvalue weighted by atomic mass is 35.5. The number of aliphatic hydroxyl groups excluding tert-OH is 1. The predicted molar refractivity (Wildman–Crippen MR) is 106 cm³/mol. The van der Waals surface area contributed by atoms with Crippen LogP contribution < -0.4 is 0 Å². The van der Waals surface area contributed by atoms with E-state index in [0.29, 0.717) is 21.6 Å². The Bertz CT molecular complexity index is 1120. The van der Waals surface area contributed by atoms with E-state index in [2.05, 4.69) is 4.98 Å². The number of ether oxygens (including phenoxy) is 1. The number of carbonyl (C=O) groups is 2. The third-order valence-corrected chi connectivity index (χ3v) is 5.02. The SMILES string of the molecule is COCCN1C(=O)C(O)=C(C(=O)c2cc3cc(Cl)ccc3o2)C1c1cccnc1. The van der Waals surface area contributed by atoms with Crippen LogP contribution >= 0.6 is 11.6 Å². The number of amides is 1. The summed E-state index contributed by atoms with van der Waals surface area (Å²) in [6.45, 7) is 0.450. The van der Waals surface area contributed by atoms with Crippen LogP contribution in [0.25, 0.3) is 11.0 Å². The van der Waals surface area contributed by atoms with Gasteiger partial charge in [0.15, 0.2) is 11.5 Å². The summed E-state index contributed by atoms with van der Waals surface area (Å²) in [6.07, 6.45) is 3.15. The maximum absolute atomic E-state index is 13.3. The minimum atomic E-state index is -0.796. The van der Waals surface area contributed by atoms with Crippen LogP contribution in [0.4, 0.5) is 0 Å². The Balaban J connectivity index is 1.79. The molecule has 3 heterocycles. The lowest BCUT2D eigenvalue weighted by Gasteiger charge is -2.26. The van der Waals surface area contributed by atoms with Crippen LogP contribution in [-0.4, -0.2) is 46.9 Å². The minimum Gasteiger partial charge on any atom is -0.503 e. The summed E-state index contributed by atoms with van der Waals surface area (Å²) in [7, 11) is 1.51. The molecule has 0 fully saturated rings. The topological polar surface area (TPSA) is 92.9 Å². The fourth-order valence-corrected chi connectivity index (χ4v) is 3.63. The number of Topliss-reactive ketones (excluding diaryl/α,β-unsaturated/α-hetero) is 1. The van der Waals surface area contributed by atoms with Gasteiger partial charge in [0.2, 0.25) is 5.78 Å². The van der Waals surface area contributed by atoms with Gasteiger partial charge in [-0.3, -0.25) is 14.6 Å². The average Bonchev–Trinajstić information content (AvgIpc) is 3.25. The van der Waals surface area contributed by atoms with Gasteiger partial charge in [0.1, 0.15) is 5.58 Å². The third kappa shape index (κ3) is 3.39. The highest BCUT2D eigenvalue weighted by Gasteiger charge is 2.44. The molecule has 0 aliphatic carbocycles. The zero-order chi connectivity index (χ0) is 20.5. The van der Waals surface area contributed by atoms with E-state index in [1.54, 1.807) is 48.8 Å². The molecule has 8 heteroatoms. The van der Waals surface area contributed by atoms with E-state index in [1.165, 1.54) is 12.0 Å². The summed E-state index contributed by atoms with van der Waals surface area (Å²) in [4.78, 5) is 31.5. The van der Waals surface area contributed by atoms with Crippen LogP contribution in [0, 0.1) is 0 Å². The van der Waals surface area contributed by atoms with Crippen molar-refractivity contribution in [3.63, 3.8) is 0 Å². The Hall–Kier alpha value is -3.16. The molecule has 2 aromatic heterocycles. The average molecular weight is 413 g/mol. The van der Waals surface area contributed by atoms with Crippen molar-refractivity contribution in [2.75, 3.05) is 20.3 Å². The maximum Gasteiger partial charge on any atom is 0.290 e. The first kappa shape index (κ1) is 19.2. The Kier molecular flexibility index (Phi) is 5.08. The summed E-state index contributed by atoms with van der Waals surface area (Å²) >= 11 is 6.00. The predicted octanol–water partition coefficient (Wildman–Crippen LogP) is 3.71. The number of rotatable bonds is 6. The highest BCUT2D eigenvalue weighted by molar-refractivity contribution is 6.31. The molecule has 1 N–H and O–H groups in total. The van der Waals surface area contributed by atoms with Crippen molar-refractivity contribution in [1.29, 1.82) is 0 Å². The molecule has 1 aromatic carbocycles. The number of fused-ring (bicyclic) bond motifs is 1. The monoisotopic (exact) mass is 412 g/mol. The van der Waals surface area contributed by atoms with Gasteiger partial charge in [-0.1, -0.05) is 17.7 Å². The van der Waals surface area contributed by atoms with Crippen LogP contribution in [0.2, 0.25) is 5.02 Å². The van der Waals surface area contributed by atoms with E-state index >= 15 is 0 Å². The smallest absolute Gasteiger partial charge is 0.290 e. The molecule has 1 aliphatic heterocycles. The molecule has 1 aliphatic rings. The van der Waals surface area contributed by atoms with Crippen LogP contribution in [0.15, 0.2) is 64.5 Å². The molecule has 7 nitrogen and oxygen atoms in total. The number of ketones is 1. The Labute approximate surface area is 171 Å². The minimum absolute atomic E-state index is 0.0131. The number of halogens is 1. The Morgan fingerprint density at radius 3 is 2.90 bits per heavy atom. The number of aliphatic hydroxyl groups is 1. The fraction of sp³-hybridized carbons (Fsp3) is 0.190. The van der Waals surface area contributed by atoms with Gasteiger partial charge in [0, 0.05) is 36.5 Å². The van der Waals surface area contributed by atoms with Gasteiger partial charge in [-0.2, -0.15) is 0 Å². The lowest BCUT2D eigenvalue weighted by atomic mass is 9.96. The summed E-state index contributed by atoms with van der Waals surface area (Å²) < 4.78 is 10.7. The first-order valence-electron chi connectivity index (χ1n) is 8.88. The second kappa shape index (κ2) is 7.69. The van der Waals surface area contributed by atoms with Gasteiger partial charge in [-0.05, 0) is 35.9 Å². The number of benzene rings is 1. The molecule has 0 saturated heterocycles. The largest absolute Gasteiger partial charge is 0.503 e. The van der Waals surface area contributed by atoms with Crippen molar-refractivity contribution in [2.24, 2.45) is 0 Å². The molecular weight excluding hydrogens is 396 g/mol. The molecule has 0 radical (unpaired) electrons. The number of carbonyl (C=O) groups excluding carboxylic acids is 2. The first-order chi connectivity index (χ1) is 14.0. The number of aromatic nitrogens is 1. The number of hydrogen-bond donors (Lipinski definition) is 1. The molecule has 1 amide bonds. The van der Waals surface area contributed by atoms with Gasteiger partial charge in [-0.25, -0.2) is 0 Å². The van der Waals surface area contributed by atoms with E-state index < -0.39 is 23.5 Å². The van der Waals surface area contributed by atoms with Gasteiger partial charge in [0.25, 0.3) is 5.91 Å². The zero-order valence-electron chi connectivity index (χ0n) is 15.5. The second-order valence-corrected chi connectivity index (χ2v) is 7.00. The number of nitrogens with zero attached hydrogens (tertiary/aromatic N) is 2. The Morgan fingerprint density at radius 1 is 1.34 bits per heavy atom. The molecule has 148 valence electrons. The van der Waals surface area contributed by atoms with Gasteiger partial charge in [-0.15, -0.1) is 0 Å². The van der Waals surface area contributed by atoms with E-state index in [4.69, 9.17) is 20.8 Å². The standard InChI is InChI=1S/C21H17ClN2O5/c1-28-8-7-24-18(12-3-2-6-23-11-12)17(20(26)21(24)27)19(25)16-10-13-9-14(22)4-5-15(13)29-16/h2-6,9-11,18,26H,7-8H2,1H3. The Morgan fingerprint density at radius 2 is 2.17 bits per heavy atom. The van der Waals surface area contributed by atoms with Crippen LogP contribution in [0.5, 0.6) is 0 Å². The summed E-state index contributed by atoms with van der Waals surface area (Å²) in [5.74, 6) is -1.80.